The Kier molecular flexibility index (Phi) is 21.5. The molecule has 0 saturated heterocycles. The number of rotatable bonds is 11. The van der Waals surface area contributed by atoms with Gasteiger partial charge in [0.15, 0.2) is 11.6 Å². The molecule has 3 N–H and O–H groups in total. The number of phenols is 1. The van der Waals surface area contributed by atoms with E-state index in [1.807, 2.05) is 32.2 Å². The van der Waals surface area contributed by atoms with Crippen molar-refractivity contribution in [3.05, 3.63) is 71.8 Å². The minimum atomic E-state index is -0.715. The lowest BCUT2D eigenvalue weighted by molar-refractivity contribution is -0.117. The Morgan fingerprint density at radius 2 is 1.55 bits per heavy atom. The summed E-state index contributed by atoms with van der Waals surface area (Å²) in [6.45, 7) is 15.3. The third-order valence-corrected chi connectivity index (χ3v) is 6.29. The molecule has 0 bridgehead atoms. The van der Waals surface area contributed by atoms with Gasteiger partial charge in [0.2, 0.25) is 0 Å². The van der Waals surface area contributed by atoms with Crippen molar-refractivity contribution in [1.29, 1.82) is 0 Å². The highest BCUT2D eigenvalue weighted by atomic mass is 19.1. The van der Waals surface area contributed by atoms with Crippen LogP contribution in [0.2, 0.25) is 0 Å². The van der Waals surface area contributed by atoms with Gasteiger partial charge in [-0.2, -0.15) is 0 Å². The molecule has 2 amide bonds. The summed E-state index contributed by atoms with van der Waals surface area (Å²) in [6, 6.07) is 14.2. The van der Waals surface area contributed by atoms with Crippen LogP contribution in [0.5, 0.6) is 5.75 Å². The van der Waals surface area contributed by atoms with Crippen LogP contribution in [0.3, 0.4) is 0 Å². The first-order valence-electron chi connectivity index (χ1n) is 15.3. The lowest BCUT2D eigenvalue weighted by atomic mass is 10.1. The second-order valence-electron chi connectivity index (χ2n) is 10.7. The molecule has 0 saturated carbocycles. The number of carbonyl (C=O) groups excluding carboxylic acids is 3. The van der Waals surface area contributed by atoms with E-state index in [0.29, 0.717) is 18.4 Å². The van der Waals surface area contributed by atoms with Crippen LogP contribution in [0.15, 0.2) is 54.7 Å². The number of benzene rings is 2. The molecule has 0 fully saturated rings. The van der Waals surface area contributed by atoms with Gasteiger partial charge in [-0.15, -0.1) is 0 Å². The molecule has 0 spiro atoms. The van der Waals surface area contributed by atoms with Crippen molar-refractivity contribution in [1.82, 2.24) is 20.5 Å². The molecule has 1 atom stereocenters. The number of halogens is 1. The lowest BCUT2D eigenvalue weighted by Gasteiger charge is -2.27. The van der Waals surface area contributed by atoms with Crippen LogP contribution in [0.4, 0.5) is 9.18 Å². The Balaban J connectivity index is 0.000000688. The average molecular weight is 613 g/mol. The van der Waals surface area contributed by atoms with E-state index >= 15 is 0 Å². The molecule has 9 heteroatoms. The first-order valence-corrected chi connectivity index (χ1v) is 15.3. The molecule has 1 heterocycles. The van der Waals surface area contributed by atoms with E-state index in [9.17, 15) is 23.9 Å². The van der Waals surface area contributed by atoms with E-state index in [4.69, 9.17) is 0 Å². The first kappa shape index (κ1) is 40.1. The van der Waals surface area contributed by atoms with Crippen LogP contribution in [-0.2, 0) is 16.1 Å². The number of phenolic OH excluding ortho intramolecular Hbond substituents is 1. The van der Waals surface area contributed by atoms with Gasteiger partial charge in [-0.1, -0.05) is 57.2 Å². The van der Waals surface area contributed by atoms with Crippen LogP contribution in [0.1, 0.15) is 84.9 Å². The predicted octanol–water partition coefficient (Wildman–Crippen LogP) is 7.36. The van der Waals surface area contributed by atoms with Crippen molar-refractivity contribution in [2.24, 2.45) is 0 Å². The number of fused-ring (bicyclic) bond motifs is 1. The second kappa shape index (κ2) is 23.6. The number of hydrogen-bond donors (Lipinski definition) is 3. The maximum atomic E-state index is 13.2. The summed E-state index contributed by atoms with van der Waals surface area (Å²) in [7, 11) is 1.66. The summed E-state index contributed by atoms with van der Waals surface area (Å²) in [5.74, 6) is -0.904. The Labute approximate surface area is 263 Å². The molecule has 8 nitrogen and oxygen atoms in total. The van der Waals surface area contributed by atoms with E-state index in [0.717, 1.165) is 18.2 Å². The number of carbonyl (C=O) groups is 3. The van der Waals surface area contributed by atoms with Gasteiger partial charge >= 0.3 is 6.03 Å². The third kappa shape index (κ3) is 18.0. The molecule has 3 aromatic rings. The van der Waals surface area contributed by atoms with Crippen molar-refractivity contribution < 1.29 is 23.9 Å². The number of aromatic hydroxyl groups is 1. The Morgan fingerprint density at radius 1 is 0.955 bits per heavy atom. The van der Waals surface area contributed by atoms with Crippen molar-refractivity contribution in [3.63, 3.8) is 0 Å². The molecule has 244 valence electrons. The van der Waals surface area contributed by atoms with Crippen molar-refractivity contribution in [3.8, 4) is 5.75 Å². The number of pyridine rings is 1. The van der Waals surface area contributed by atoms with Crippen LogP contribution in [0.25, 0.3) is 10.8 Å². The van der Waals surface area contributed by atoms with Crippen LogP contribution < -0.4 is 10.6 Å². The van der Waals surface area contributed by atoms with Gasteiger partial charge in [-0.05, 0) is 84.0 Å². The number of aromatic nitrogens is 1. The van der Waals surface area contributed by atoms with Gasteiger partial charge < -0.3 is 30.2 Å². The summed E-state index contributed by atoms with van der Waals surface area (Å²) in [5.41, 5.74) is 1.39. The normalized spacial score (nSPS) is 10.6. The highest BCUT2D eigenvalue weighted by Gasteiger charge is 2.19. The SMILES string of the molecule is CC(C)=O.CCCNCCC.CC[C@@H](CCC(C)=O)N(C)C(=O)NCc1cccc(F)c1O.Cc1cc2ccccc2cn1. The number of para-hydroxylation sites is 1. The number of nitrogens with zero attached hydrogens (tertiary/aromatic N) is 2. The Hall–Kier alpha value is -3.85. The van der Waals surface area contributed by atoms with Gasteiger partial charge in [0.1, 0.15) is 11.6 Å². The first-order chi connectivity index (χ1) is 20.9. The second-order valence-corrected chi connectivity index (χ2v) is 10.7. The van der Waals surface area contributed by atoms with Crippen molar-refractivity contribution >= 4 is 28.4 Å². The van der Waals surface area contributed by atoms with Crippen LogP contribution >= 0.6 is 0 Å². The third-order valence-electron chi connectivity index (χ3n) is 6.29. The molecule has 1 aromatic heterocycles. The number of aryl methyl sites for hydroxylation is 1. The number of ketones is 2. The Morgan fingerprint density at radius 3 is 2.09 bits per heavy atom. The van der Waals surface area contributed by atoms with Gasteiger partial charge in [0.25, 0.3) is 0 Å². The van der Waals surface area contributed by atoms with E-state index in [-0.39, 0.29) is 30.2 Å². The highest BCUT2D eigenvalue weighted by molar-refractivity contribution is 5.81. The lowest BCUT2D eigenvalue weighted by Crippen LogP contribution is -2.43. The van der Waals surface area contributed by atoms with Crippen molar-refractivity contribution in [2.75, 3.05) is 20.1 Å². The fourth-order valence-electron chi connectivity index (χ4n) is 3.88. The topological polar surface area (TPSA) is 112 Å². The minimum absolute atomic E-state index is 0.0370. The fraction of sp³-hybridized carbons (Fsp3) is 0.486. The Bertz CT molecular complexity index is 1260. The molecular formula is C35H53FN4O4. The van der Waals surface area contributed by atoms with Gasteiger partial charge in [-0.3, -0.25) is 4.98 Å². The van der Waals surface area contributed by atoms with E-state index in [1.165, 1.54) is 63.5 Å². The average Bonchev–Trinajstić information content (AvgIpc) is 2.98. The summed E-state index contributed by atoms with van der Waals surface area (Å²) in [6.07, 6.45) is 6.19. The number of urea groups is 1. The molecule has 2 aromatic carbocycles. The molecule has 0 aliphatic heterocycles. The zero-order valence-electron chi connectivity index (χ0n) is 27.9. The fourth-order valence-corrected chi connectivity index (χ4v) is 3.88. The minimum Gasteiger partial charge on any atom is -0.505 e. The number of Topliss-reactive ketones (excluding diaryl/α,β-unsaturated/α-hetero) is 2. The maximum Gasteiger partial charge on any atom is 0.317 e. The van der Waals surface area contributed by atoms with Gasteiger partial charge in [0.05, 0.1) is 0 Å². The van der Waals surface area contributed by atoms with E-state index in [2.05, 4.69) is 47.7 Å². The smallest absolute Gasteiger partial charge is 0.317 e. The molecule has 0 aliphatic rings. The molecule has 0 aliphatic carbocycles. The standard InChI is InChI=1S/C16H23FN2O3.C10H9N.C6H15N.C3H6O/c1-4-13(9-8-11(2)20)19(3)16(22)18-10-12-6-5-7-14(17)15(12)21;1-8-6-9-4-2-3-5-10(9)7-11-8;1-3-5-7-6-4-2;1-3(2)4/h5-7,13,21H,4,8-10H2,1-3H3,(H,18,22);2-7H,1H3;7H,3-6H2,1-2H3;1-2H3/t13-;;;/m0.../s1. The molecule has 0 radical (unpaired) electrons. The van der Waals surface area contributed by atoms with E-state index in [1.54, 1.807) is 18.0 Å². The van der Waals surface area contributed by atoms with Gasteiger partial charge in [0, 0.05) is 48.9 Å². The molecular weight excluding hydrogens is 559 g/mol. The quantitative estimate of drug-likeness (QED) is 0.195. The summed E-state index contributed by atoms with van der Waals surface area (Å²) in [4.78, 5) is 38.4. The number of amides is 2. The molecule has 0 unspecified atom stereocenters. The van der Waals surface area contributed by atoms with Gasteiger partial charge in [-0.25, -0.2) is 9.18 Å². The zero-order chi connectivity index (χ0) is 33.5. The molecule has 3 rings (SSSR count). The summed E-state index contributed by atoms with van der Waals surface area (Å²) >= 11 is 0. The highest BCUT2D eigenvalue weighted by Crippen LogP contribution is 2.20. The molecule has 44 heavy (non-hydrogen) atoms. The number of nitrogens with one attached hydrogen (secondary N) is 2. The van der Waals surface area contributed by atoms with Crippen LogP contribution in [0, 0.1) is 12.7 Å². The monoisotopic (exact) mass is 612 g/mol. The number of hydrogen-bond acceptors (Lipinski definition) is 6. The van der Waals surface area contributed by atoms with Crippen LogP contribution in [-0.4, -0.2) is 58.8 Å². The largest absolute Gasteiger partial charge is 0.505 e. The van der Waals surface area contributed by atoms with Crippen molar-refractivity contribution in [2.45, 2.75) is 93.2 Å². The predicted molar refractivity (Wildman–Crippen MR) is 178 cm³/mol. The summed E-state index contributed by atoms with van der Waals surface area (Å²) in [5, 5.41) is 18.0. The zero-order valence-corrected chi connectivity index (χ0v) is 27.9. The maximum absolute atomic E-state index is 13.2. The van der Waals surface area contributed by atoms with E-state index < -0.39 is 11.6 Å². The summed E-state index contributed by atoms with van der Waals surface area (Å²) < 4.78 is 13.2.